The minimum atomic E-state index is -1.85. The van der Waals surface area contributed by atoms with Gasteiger partial charge in [0.05, 0.1) is 18.8 Å². The van der Waals surface area contributed by atoms with Crippen molar-refractivity contribution in [2.24, 2.45) is 0 Å². The Kier molecular flexibility index (Phi) is 8.32. The van der Waals surface area contributed by atoms with Crippen molar-refractivity contribution in [1.82, 2.24) is 0 Å². The highest BCUT2D eigenvalue weighted by Crippen LogP contribution is 2.45. The Balaban J connectivity index is 2.10. The van der Waals surface area contributed by atoms with E-state index < -0.39 is 36.8 Å². The minimum absolute atomic E-state index is 0.349. The molecule has 2 aromatic rings. The number of rotatable bonds is 8. The van der Waals surface area contributed by atoms with Gasteiger partial charge in [-0.3, -0.25) is 0 Å². The van der Waals surface area contributed by atoms with Gasteiger partial charge in [0, 0.05) is 11.6 Å². The molecule has 1 aliphatic rings. The van der Waals surface area contributed by atoms with Crippen molar-refractivity contribution in [2.45, 2.75) is 56.9 Å². The molecule has 1 aliphatic heterocycles. The number of aliphatic hydroxyl groups excluding tert-OH is 4. The highest BCUT2D eigenvalue weighted by atomic mass is 79.9. The Bertz CT molecular complexity index is 902. The first-order valence-electron chi connectivity index (χ1n) is 10.7. The fourth-order valence-corrected chi connectivity index (χ4v) is 4.50. The van der Waals surface area contributed by atoms with Crippen LogP contribution in [-0.2, 0) is 28.1 Å². The largest absolute Gasteiger partial charge is 0.493 e. The predicted octanol–water partition coefficient (Wildman–Crippen LogP) is 2.27. The van der Waals surface area contributed by atoms with Gasteiger partial charge in [0.1, 0.15) is 30.2 Å². The first-order valence-corrected chi connectivity index (χ1v) is 11.5. The molecule has 7 nitrogen and oxygen atoms in total. The number of aliphatic hydroxyl groups is 4. The molecule has 0 amide bonds. The predicted molar refractivity (Wildman–Crippen MR) is 123 cm³/mol. The Morgan fingerprint density at radius 2 is 1.69 bits per heavy atom. The number of benzene rings is 2. The van der Waals surface area contributed by atoms with Gasteiger partial charge in [0.15, 0.2) is 0 Å². The lowest BCUT2D eigenvalue weighted by Crippen LogP contribution is -2.64. The van der Waals surface area contributed by atoms with Gasteiger partial charge in [-0.2, -0.15) is 0 Å². The number of hydrogen-bond acceptors (Lipinski definition) is 7. The normalized spacial score (nSPS) is 28.0. The topological polar surface area (TPSA) is 109 Å². The van der Waals surface area contributed by atoms with Gasteiger partial charge in [0.2, 0.25) is 5.79 Å². The van der Waals surface area contributed by atoms with Crippen LogP contribution >= 0.6 is 15.9 Å². The average Bonchev–Trinajstić information content (AvgIpc) is 2.81. The quantitative estimate of drug-likeness (QED) is 0.431. The molecular formula is C24H31BrO7. The van der Waals surface area contributed by atoms with Crippen molar-refractivity contribution in [3.05, 3.63) is 63.1 Å². The molecule has 0 saturated carbocycles. The van der Waals surface area contributed by atoms with E-state index in [1.807, 2.05) is 6.92 Å². The van der Waals surface area contributed by atoms with Gasteiger partial charge in [-0.05, 0) is 48.6 Å². The molecule has 3 rings (SSSR count). The Hall–Kier alpha value is -1.52. The summed E-state index contributed by atoms with van der Waals surface area (Å²) in [5.74, 6) is -1.46. The van der Waals surface area contributed by atoms with E-state index in [0.29, 0.717) is 24.3 Å². The van der Waals surface area contributed by atoms with E-state index in [1.54, 1.807) is 12.1 Å². The van der Waals surface area contributed by atoms with Gasteiger partial charge >= 0.3 is 0 Å². The zero-order valence-corrected chi connectivity index (χ0v) is 20.1. The van der Waals surface area contributed by atoms with Gasteiger partial charge in [0.25, 0.3) is 0 Å². The zero-order valence-electron chi connectivity index (χ0n) is 18.5. The van der Waals surface area contributed by atoms with Gasteiger partial charge in [-0.1, -0.05) is 47.1 Å². The third-order valence-corrected chi connectivity index (χ3v) is 6.64. The number of hydrogen-bond donors (Lipinski definition) is 4. The van der Waals surface area contributed by atoms with Crippen molar-refractivity contribution in [1.29, 1.82) is 0 Å². The van der Waals surface area contributed by atoms with Gasteiger partial charge in [-0.25, -0.2) is 0 Å². The molecule has 1 heterocycles. The van der Waals surface area contributed by atoms with Crippen LogP contribution in [0.25, 0.3) is 0 Å². The Morgan fingerprint density at radius 3 is 2.25 bits per heavy atom. The molecule has 4 N–H and O–H groups in total. The molecule has 32 heavy (non-hydrogen) atoms. The molecule has 8 heteroatoms. The Morgan fingerprint density at radius 1 is 1.03 bits per heavy atom. The van der Waals surface area contributed by atoms with Crippen LogP contribution in [-0.4, -0.2) is 65.2 Å². The second kappa shape index (κ2) is 10.6. The first kappa shape index (κ1) is 25.1. The summed E-state index contributed by atoms with van der Waals surface area (Å²) in [6.45, 7) is 3.72. The summed E-state index contributed by atoms with van der Waals surface area (Å²) in [4.78, 5) is 0. The Labute approximate surface area is 196 Å². The number of ether oxygens (including phenoxy) is 3. The third-order valence-electron chi connectivity index (χ3n) is 5.90. The van der Waals surface area contributed by atoms with Crippen molar-refractivity contribution >= 4 is 15.9 Å². The summed E-state index contributed by atoms with van der Waals surface area (Å²) in [5, 5.41) is 41.3. The number of halogens is 1. The van der Waals surface area contributed by atoms with Gasteiger partial charge < -0.3 is 34.6 Å². The summed E-state index contributed by atoms with van der Waals surface area (Å²) in [5.41, 5.74) is 3.60. The highest BCUT2D eigenvalue weighted by Gasteiger charge is 2.56. The zero-order chi connectivity index (χ0) is 23.5. The molecule has 0 spiro atoms. The standard InChI is InChI=1S/C24H31BrO7/c1-4-14-6-8-15(9-7-14)10-16-11-17(19(31-5-2)12-18(16)25)24(30-3)23(29)22(28)21(27)20(13-26)32-24/h6-9,11-12,20-23,26-29H,4-5,10,13H2,1-3H3/t20-,21-,22+,23-,24+/m1/s1. The average molecular weight is 511 g/mol. The van der Waals surface area contributed by atoms with Crippen molar-refractivity contribution in [2.75, 3.05) is 20.3 Å². The molecule has 0 bridgehead atoms. The molecular weight excluding hydrogens is 480 g/mol. The van der Waals surface area contributed by atoms with Crippen LogP contribution in [0, 0.1) is 0 Å². The molecule has 176 valence electrons. The second-order valence-electron chi connectivity index (χ2n) is 7.86. The SMILES string of the molecule is CCOc1cc(Br)c(Cc2ccc(CC)cc2)cc1[C@]1(OC)O[C@H](CO)[C@@H](O)[C@H](O)[C@H]1O. The molecule has 0 aromatic heterocycles. The van der Waals surface area contributed by atoms with E-state index in [-0.39, 0.29) is 0 Å². The lowest BCUT2D eigenvalue weighted by Gasteiger charge is -2.48. The van der Waals surface area contributed by atoms with Crippen LogP contribution in [0.5, 0.6) is 5.75 Å². The van der Waals surface area contributed by atoms with Crippen molar-refractivity contribution < 1.29 is 34.6 Å². The van der Waals surface area contributed by atoms with Crippen LogP contribution in [0.3, 0.4) is 0 Å². The van der Waals surface area contributed by atoms with E-state index >= 15 is 0 Å². The summed E-state index contributed by atoms with van der Waals surface area (Å²) in [7, 11) is 1.34. The fraction of sp³-hybridized carbons (Fsp3) is 0.500. The maximum absolute atomic E-state index is 10.9. The van der Waals surface area contributed by atoms with Gasteiger partial charge in [-0.15, -0.1) is 0 Å². The van der Waals surface area contributed by atoms with Crippen molar-refractivity contribution in [3.63, 3.8) is 0 Å². The molecule has 0 radical (unpaired) electrons. The molecule has 1 saturated heterocycles. The van der Waals surface area contributed by atoms with E-state index in [1.165, 1.54) is 12.7 Å². The molecule has 0 unspecified atom stereocenters. The van der Waals surface area contributed by atoms with Crippen LogP contribution in [0.1, 0.15) is 36.1 Å². The molecule has 1 fully saturated rings. The maximum atomic E-state index is 10.9. The van der Waals surface area contributed by atoms with Crippen LogP contribution in [0.2, 0.25) is 0 Å². The van der Waals surface area contributed by atoms with Crippen LogP contribution in [0.15, 0.2) is 40.9 Å². The van der Waals surface area contributed by atoms with E-state index in [4.69, 9.17) is 14.2 Å². The van der Waals surface area contributed by atoms with Crippen LogP contribution < -0.4 is 4.74 Å². The summed E-state index contributed by atoms with van der Waals surface area (Å²) >= 11 is 3.61. The van der Waals surface area contributed by atoms with E-state index in [0.717, 1.165) is 22.0 Å². The third kappa shape index (κ3) is 4.72. The lowest BCUT2D eigenvalue weighted by atomic mass is 9.86. The highest BCUT2D eigenvalue weighted by molar-refractivity contribution is 9.10. The van der Waals surface area contributed by atoms with E-state index in [2.05, 4.69) is 47.1 Å². The summed E-state index contributed by atoms with van der Waals surface area (Å²) < 4.78 is 18.1. The number of methoxy groups -OCH3 is 1. The first-order chi connectivity index (χ1) is 15.3. The van der Waals surface area contributed by atoms with E-state index in [9.17, 15) is 20.4 Å². The second-order valence-corrected chi connectivity index (χ2v) is 8.71. The monoisotopic (exact) mass is 510 g/mol. The number of aryl methyl sites for hydroxylation is 1. The molecule has 0 aliphatic carbocycles. The van der Waals surface area contributed by atoms with Crippen molar-refractivity contribution in [3.8, 4) is 5.75 Å². The molecule has 2 aromatic carbocycles. The summed E-state index contributed by atoms with van der Waals surface area (Å²) in [6, 6.07) is 11.9. The maximum Gasteiger partial charge on any atom is 0.228 e. The van der Waals surface area contributed by atoms with Crippen LogP contribution in [0.4, 0.5) is 0 Å². The lowest BCUT2D eigenvalue weighted by molar-refractivity contribution is -0.366. The smallest absolute Gasteiger partial charge is 0.228 e. The molecule has 5 atom stereocenters. The fourth-order valence-electron chi connectivity index (χ4n) is 4.04. The minimum Gasteiger partial charge on any atom is -0.493 e. The summed E-state index contributed by atoms with van der Waals surface area (Å²) in [6.07, 6.45) is -4.29.